The van der Waals surface area contributed by atoms with Crippen molar-refractivity contribution in [2.75, 3.05) is 6.61 Å². The molecule has 4 heteroatoms. The molecule has 3 rings (SSSR count). The lowest BCUT2D eigenvalue weighted by molar-refractivity contribution is 0.0559. The normalized spacial score (nSPS) is 28.7. The molecule has 0 amide bonds. The van der Waals surface area contributed by atoms with Crippen molar-refractivity contribution in [3.8, 4) is 0 Å². The first kappa shape index (κ1) is 15.5. The maximum absolute atomic E-state index is 12.8. The third-order valence-corrected chi connectivity index (χ3v) is 6.34. The Bertz CT molecular complexity index is 655. The summed E-state index contributed by atoms with van der Waals surface area (Å²) in [4.78, 5) is 0. The highest BCUT2D eigenvalue weighted by Gasteiger charge is 2.42. The van der Waals surface area contributed by atoms with Gasteiger partial charge in [-0.05, 0) is 11.1 Å². The fraction of sp³-hybridized carbons (Fsp3) is 0.333. The van der Waals surface area contributed by atoms with Crippen LogP contribution in [0.4, 0.5) is 0 Å². The Kier molecular flexibility index (Phi) is 4.49. The molecule has 3 atom stereocenters. The van der Waals surface area contributed by atoms with Crippen molar-refractivity contribution < 1.29 is 13.6 Å². The van der Waals surface area contributed by atoms with Crippen molar-refractivity contribution >= 4 is 7.60 Å². The molecule has 2 aromatic carbocycles. The summed E-state index contributed by atoms with van der Waals surface area (Å²) < 4.78 is 24.5. The van der Waals surface area contributed by atoms with E-state index in [2.05, 4.69) is 12.1 Å². The van der Waals surface area contributed by atoms with E-state index >= 15 is 0 Å². The van der Waals surface area contributed by atoms with Gasteiger partial charge in [0.1, 0.15) is 6.10 Å². The second-order valence-corrected chi connectivity index (χ2v) is 8.46. The van der Waals surface area contributed by atoms with Crippen molar-refractivity contribution in [1.29, 1.82) is 0 Å². The van der Waals surface area contributed by atoms with Crippen LogP contribution in [-0.2, 0) is 13.6 Å². The van der Waals surface area contributed by atoms with E-state index in [1.807, 2.05) is 62.4 Å². The quantitative estimate of drug-likeness (QED) is 0.734. The zero-order valence-corrected chi connectivity index (χ0v) is 13.8. The molecule has 0 saturated carbocycles. The molecule has 1 fully saturated rings. The minimum atomic E-state index is -3.06. The molecule has 2 aromatic rings. The molecular weight excluding hydrogens is 295 g/mol. The SMILES string of the molecule is CC(C)P1(=O)OCC(c2ccccc2)C(c2ccccc2)O1. The van der Waals surface area contributed by atoms with E-state index in [-0.39, 0.29) is 17.7 Å². The second kappa shape index (κ2) is 6.37. The van der Waals surface area contributed by atoms with Crippen LogP contribution in [0.25, 0.3) is 0 Å². The lowest BCUT2D eigenvalue weighted by atomic mass is 9.90. The van der Waals surface area contributed by atoms with E-state index in [4.69, 9.17) is 9.05 Å². The van der Waals surface area contributed by atoms with Crippen LogP contribution in [0.2, 0.25) is 0 Å². The second-order valence-electron chi connectivity index (χ2n) is 5.88. The maximum atomic E-state index is 12.8. The van der Waals surface area contributed by atoms with Crippen LogP contribution < -0.4 is 0 Å². The van der Waals surface area contributed by atoms with Crippen molar-refractivity contribution in [3.63, 3.8) is 0 Å². The van der Waals surface area contributed by atoms with Gasteiger partial charge in [-0.15, -0.1) is 0 Å². The van der Waals surface area contributed by atoms with Crippen molar-refractivity contribution in [1.82, 2.24) is 0 Å². The summed E-state index contributed by atoms with van der Waals surface area (Å²) in [5.41, 5.74) is 2.04. The Balaban J connectivity index is 1.98. The highest BCUT2D eigenvalue weighted by Crippen LogP contribution is 2.62. The molecule has 3 unspecified atom stereocenters. The molecule has 1 heterocycles. The van der Waals surface area contributed by atoms with Crippen LogP contribution >= 0.6 is 7.60 Å². The van der Waals surface area contributed by atoms with Gasteiger partial charge in [0.25, 0.3) is 0 Å². The van der Waals surface area contributed by atoms with Crippen molar-refractivity contribution in [2.24, 2.45) is 0 Å². The topological polar surface area (TPSA) is 35.5 Å². The number of hydrogen-bond donors (Lipinski definition) is 0. The average Bonchev–Trinajstić information content (AvgIpc) is 2.56. The molecule has 1 aliphatic rings. The Morgan fingerprint density at radius 2 is 1.50 bits per heavy atom. The van der Waals surface area contributed by atoms with Gasteiger partial charge in [-0.1, -0.05) is 74.5 Å². The Morgan fingerprint density at radius 3 is 2.05 bits per heavy atom. The zero-order valence-electron chi connectivity index (χ0n) is 12.9. The van der Waals surface area contributed by atoms with E-state index in [1.54, 1.807) is 0 Å². The fourth-order valence-electron chi connectivity index (χ4n) is 2.71. The van der Waals surface area contributed by atoms with Gasteiger partial charge in [0.2, 0.25) is 0 Å². The summed E-state index contributed by atoms with van der Waals surface area (Å²) in [5, 5.41) is 0. The molecule has 0 aromatic heterocycles. The summed E-state index contributed by atoms with van der Waals surface area (Å²) in [6.07, 6.45) is -0.245. The molecule has 0 bridgehead atoms. The van der Waals surface area contributed by atoms with Gasteiger partial charge in [0.05, 0.1) is 12.3 Å². The first-order valence-electron chi connectivity index (χ1n) is 7.63. The summed E-state index contributed by atoms with van der Waals surface area (Å²) in [6, 6.07) is 20.1. The van der Waals surface area contributed by atoms with Gasteiger partial charge in [-0.25, -0.2) is 0 Å². The van der Waals surface area contributed by atoms with Gasteiger partial charge in [0, 0.05) is 5.92 Å². The van der Waals surface area contributed by atoms with Crippen molar-refractivity contribution in [3.05, 3.63) is 71.8 Å². The summed E-state index contributed by atoms with van der Waals surface area (Å²) >= 11 is 0. The molecule has 3 nitrogen and oxygen atoms in total. The van der Waals surface area contributed by atoms with Gasteiger partial charge in [-0.2, -0.15) is 0 Å². The molecule has 1 aliphatic heterocycles. The van der Waals surface area contributed by atoms with Crippen LogP contribution in [0.1, 0.15) is 37.0 Å². The highest BCUT2D eigenvalue weighted by molar-refractivity contribution is 7.54. The lowest BCUT2D eigenvalue weighted by Crippen LogP contribution is -2.26. The van der Waals surface area contributed by atoms with Crippen LogP contribution in [0.15, 0.2) is 60.7 Å². The molecule has 1 saturated heterocycles. The number of rotatable bonds is 3. The number of hydrogen-bond acceptors (Lipinski definition) is 3. The molecule has 22 heavy (non-hydrogen) atoms. The van der Waals surface area contributed by atoms with Gasteiger partial charge in [0.15, 0.2) is 0 Å². The smallest absolute Gasteiger partial charge is 0.308 e. The highest BCUT2D eigenvalue weighted by atomic mass is 31.2. The summed E-state index contributed by atoms with van der Waals surface area (Å²) in [6.45, 7) is 4.18. The Hall–Kier alpha value is -1.41. The lowest BCUT2D eigenvalue weighted by Gasteiger charge is -2.38. The largest absolute Gasteiger partial charge is 0.333 e. The van der Waals surface area contributed by atoms with Crippen LogP contribution in [0, 0.1) is 0 Å². The van der Waals surface area contributed by atoms with Gasteiger partial charge in [-0.3, -0.25) is 9.09 Å². The minimum absolute atomic E-state index is 0.0458. The predicted octanol–water partition coefficient (Wildman–Crippen LogP) is 5.16. The van der Waals surface area contributed by atoms with E-state index in [0.717, 1.165) is 11.1 Å². The minimum Gasteiger partial charge on any atom is -0.308 e. The molecular formula is C18H21O3P. The summed E-state index contributed by atoms with van der Waals surface area (Å²) in [5.74, 6) is 0.0458. The standard InChI is InChI=1S/C18H21O3P/c1-14(2)22(19)20-13-17(15-9-5-3-6-10-15)18(21-22)16-11-7-4-8-12-16/h3-12,14,17-18H,13H2,1-2H3. The van der Waals surface area contributed by atoms with Crippen molar-refractivity contribution in [2.45, 2.75) is 31.5 Å². The van der Waals surface area contributed by atoms with E-state index in [9.17, 15) is 4.57 Å². The fourth-order valence-corrected chi connectivity index (χ4v) is 4.27. The van der Waals surface area contributed by atoms with E-state index in [0.29, 0.717) is 6.61 Å². The van der Waals surface area contributed by atoms with Gasteiger partial charge < -0.3 is 4.52 Å². The Labute approximate surface area is 131 Å². The monoisotopic (exact) mass is 316 g/mol. The molecule has 0 radical (unpaired) electrons. The van der Waals surface area contributed by atoms with Crippen LogP contribution in [0.5, 0.6) is 0 Å². The first-order valence-corrected chi connectivity index (χ1v) is 9.24. The average molecular weight is 316 g/mol. The number of benzene rings is 2. The van der Waals surface area contributed by atoms with E-state index < -0.39 is 7.60 Å². The molecule has 0 N–H and O–H groups in total. The maximum Gasteiger partial charge on any atom is 0.333 e. The third kappa shape index (κ3) is 3.03. The first-order chi connectivity index (χ1) is 10.6. The van der Waals surface area contributed by atoms with E-state index in [1.165, 1.54) is 0 Å². The molecule has 116 valence electrons. The Morgan fingerprint density at radius 1 is 0.955 bits per heavy atom. The molecule has 0 aliphatic carbocycles. The summed E-state index contributed by atoms with van der Waals surface area (Å²) in [7, 11) is -3.06. The predicted molar refractivity (Wildman–Crippen MR) is 88.1 cm³/mol. The zero-order chi connectivity index (χ0) is 15.6. The molecule has 0 spiro atoms. The van der Waals surface area contributed by atoms with Gasteiger partial charge >= 0.3 is 7.60 Å². The van der Waals surface area contributed by atoms with Crippen LogP contribution in [-0.4, -0.2) is 12.3 Å². The third-order valence-electron chi connectivity index (χ3n) is 4.05. The van der Waals surface area contributed by atoms with Crippen LogP contribution in [0.3, 0.4) is 0 Å².